The maximum absolute atomic E-state index is 13.7. The molecule has 1 N–H and O–H groups in total. The number of fused-ring (bicyclic) bond motifs is 1. The van der Waals surface area contributed by atoms with Crippen molar-refractivity contribution >= 4 is 39.1 Å². The van der Waals surface area contributed by atoms with Crippen LogP contribution in [0.4, 0.5) is 14.5 Å². The van der Waals surface area contributed by atoms with Gasteiger partial charge in [0.2, 0.25) is 5.91 Å². The molecular weight excluding hydrogens is 350 g/mol. The number of ether oxygens (including phenoxy) is 1. The lowest BCUT2D eigenvalue weighted by Gasteiger charge is -2.10. The van der Waals surface area contributed by atoms with Crippen LogP contribution in [0.25, 0.3) is 10.2 Å². The molecule has 0 spiro atoms. The molecule has 0 radical (unpaired) electrons. The molecule has 5 nitrogen and oxygen atoms in total. The van der Waals surface area contributed by atoms with E-state index in [2.05, 4.69) is 5.32 Å². The second kappa shape index (κ2) is 6.64. The summed E-state index contributed by atoms with van der Waals surface area (Å²) in [5.74, 6) is -2.71. The Kier molecular flexibility index (Phi) is 4.54. The molecule has 1 amide bonds. The number of aromatic nitrogens is 1. The number of methoxy groups -OCH3 is 1. The van der Waals surface area contributed by atoms with Gasteiger partial charge in [0.25, 0.3) is 0 Å². The van der Waals surface area contributed by atoms with Gasteiger partial charge in [-0.2, -0.15) is 0 Å². The average molecular weight is 364 g/mol. The first-order valence-corrected chi connectivity index (χ1v) is 8.13. The van der Waals surface area contributed by atoms with E-state index in [0.29, 0.717) is 6.07 Å². The van der Waals surface area contributed by atoms with Crippen LogP contribution in [-0.4, -0.2) is 23.6 Å². The van der Waals surface area contributed by atoms with Crippen LogP contribution >= 0.6 is 11.3 Å². The Morgan fingerprint density at radius 2 is 2.00 bits per heavy atom. The number of benzene rings is 1. The first kappa shape index (κ1) is 17.1. The first-order valence-electron chi connectivity index (χ1n) is 7.32. The number of nitrogens with zero attached hydrogens (tertiary/aromatic N) is 1. The quantitative estimate of drug-likeness (QED) is 0.718. The summed E-state index contributed by atoms with van der Waals surface area (Å²) in [4.78, 5) is 25.3. The summed E-state index contributed by atoms with van der Waals surface area (Å²) in [6, 6.07) is 6.40. The van der Waals surface area contributed by atoms with Crippen LogP contribution in [0.15, 0.2) is 30.3 Å². The molecule has 0 saturated heterocycles. The van der Waals surface area contributed by atoms with Gasteiger partial charge in [-0.3, -0.25) is 4.79 Å². The van der Waals surface area contributed by atoms with Gasteiger partial charge in [0.15, 0.2) is 0 Å². The lowest BCUT2D eigenvalue weighted by atomic mass is 10.3. The van der Waals surface area contributed by atoms with Gasteiger partial charge in [-0.25, -0.2) is 13.6 Å². The standard InChI is InChI=1S/C17H14F2N2O3S/c1-9-5-13-15(25-9)7-14(17(23)24-2)21(13)8-16(22)20-12-4-3-10(18)6-11(12)19/h3-7H,8H2,1-2H3,(H,20,22). The number of anilines is 1. The number of halogens is 2. The van der Waals surface area contributed by atoms with Gasteiger partial charge >= 0.3 is 5.97 Å². The van der Waals surface area contributed by atoms with Crippen molar-refractivity contribution in [2.24, 2.45) is 0 Å². The van der Waals surface area contributed by atoms with Crippen molar-refractivity contribution < 1.29 is 23.1 Å². The van der Waals surface area contributed by atoms with Crippen LogP contribution in [0, 0.1) is 18.6 Å². The number of hydrogen-bond donors (Lipinski definition) is 1. The number of rotatable bonds is 4. The van der Waals surface area contributed by atoms with Gasteiger partial charge in [0.1, 0.15) is 23.9 Å². The number of carbonyl (C=O) groups excluding carboxylic acids is 2. The predicted molar refractivity (Wildman–Crippen MR) is 90.9 cm³/mol. The fraction of sp³-hybridized carbons (Fsp3) is 0.176. The Bertz CT molecular complexity index is 978. The zero-order valence-electron chi connectivity index (χ0n) is 13.4. The summed E-state index contributed by atoms with van der Waals surface area (Å²) >= 11 is 1.49. The third-order valence-electron chi connectivity index (χ3n) is 3.61. The Morgan fingerprint density at radius 1 is 1.24 bits per heavy atom. The zero-order chi connectivity index (χ0) is 18.1. The molecule has 0 unspecified atom stereocenters. The van der Waals surface area contributed by atoms with E-state index in [-0.39, 0.29) is 17.9 Å². The summed E-state index contributed by atoms with van der Waals surface area (Å²) in [5, 5.41) is 2.38. The van der Waals surface area contributed by atoms with Gasteiger partial charge in [0, 0.05) is 10.9 Å². The summed E-state index contributed by atoms with van der Waals surface area (Å²) in [6.07, 6.45) is 0. The summed E-state index contributed by atoms with van der Waals surface area (Å²) in [7, 11) is 1.26. The maximum Gasteiger partial charge on any atom is 0.354 e. The van der Waals surface area contributed by atoms with Crippen molar-refractivity contribution in [2.75, 3.05) is 12.4 Å². The fourth-order valence-electron chi connectivity index (χ4n) is 2.53. The molecule has 1 aromatic carbocycles. The first-order chi connectivity index (χ1) is 11.9. The van der Waals surface area contributed by atoms with Crippen molar-refractivity contribution in [3.05, 3.63) is 52.5 Å². The minimum atomic E-state index is -0.870. The SMILES string of the molecule is COC(=O)c1cc2sc(C)cc2n1CC(=O)Nc1ccc(F)cc1F. The van der Waals surface area contributed by atoms with Gasteiger partial charge in [-0.05, 0) is 31.2 Å². The van der Waals surface area contributed by atoms with Crippen molar-refractivity contribution in [3.8, 4) is 0 Å². The highest BCUT2D eigenvalue weighted by Crippen LogP contribution is 2.29. The van der Waals surface area contributed by atoms with Crippen molar-refractivity contribution in [1.29, 1.82) is 0 Å². The van der Waals surface area contributed by atoms with E-state index < -0.39 is 23.5 Å². The highest BCUT2D eigenvalue weighted by atomic mass is 32.1. The molecule has 2 heterocycles. The topological polar surface area (TPSA) is 60.3 Å². The molecule has 0 bridgehead atoms. The van der Waals surface area contributed by atoms with Crippen molar-refractivity contribution in [1.82, 2.24) is 4.57 Å². The van der Waals surface area contributed by atoms with Gasteiger partial charge < -0.3 is 14.6 Å². The maximum atomic E-state index is 13.7. The average Bonchev–Trinajstić information content (AvgIpc) is 3.07. The number of hydrogen-bond acceptors (Lipinski definition) is 4. The van der Waals surface area contributed by atoms with E-state index in [1.807, 2.05) is 13.0 Å². The number of aryl methyl sites for hydroxylation is 1. The molecule has 25 heavy (non-hydrogen) atoms. The highest BCUT2D eigenvalue weighted by Gasteiger charge is 2.20. The minimum Gasteiger partial charge on any atom is -0.464 e. The molecule has 0 fully saturated rings. The van der Waals surface area contributed by atoms with Crippen LogP contribution in [0.5, 0.6) is 0 Å². The van der Waals surface area contributed by atoms with Crippen LogP contribution in [-0.2, 0) is 16.1 Å². The van der Waals surface area contributed by atoms with E-state index in [9.17, 15) is 18.4 Å². The normalized spacial score (nSPS) is 10.9. The van der Waals surface area contributed by atoms with E-state index in [4.69, 9.17) is 4.74 Å². The smallest absolute Gasteiger partial charge is 0.354 e. The summed E-state index contributed by atoms with van der Waals surface area (Å²) in [5.41, 5.74) is 0.826. The van der Waals surface area contributed by atoms with Crippen molar-refractivity contribution in [3.63, 3.8) is 0 Å². The molecule has 0 atom stereocenters. The minimum absolute atomic E-state index is 0.129. The van der Waals surface area contributed by atoms with Crippen LogP contribution in [0.1, 0.15) is 15.4 Å². The molecule has 0 aliphatic carbocycles. The number of esters is 1. The van der Waals surface area contributed by atoms with Crippen molar-refractivity contribution in [2.45, 2.75) is 13.5 Å². The van der Waals surface area contributed by atoms with Gasteiger partial charge in [0.05, 0.1) is 23.0 Å². The Hall–Kier alpha value is -2.74. The van der Waals surface area contributed by atoms with Gasteiger partial charge in [-0.1, -0.05) is 0 Å². The van der Waals surface area contributed by atoms with Crippen LogP contribution < -0.4 is 5.32 Å². The fourth-order valence-corrected chi connectivity index (χ4v) is 3.49. The molecule has 0 aliphatic heterocycles. The molecule has 2 aromatic heterocycles. The number of carbonyl (C=O) groups is 2. The molecular formula is C17H14F2N2O3S. The second-order valence-corrected chi connectivity index (χ2v) is 6.67. The predicted octanol–water partition coefficient (Wildman–Crippen LogP) is 3.71. The van der Waals surface area contributed by atoms with Crippen LogP contribution in [0.3, 0.4) is 0 Å². The Morgan fingerprint density at radius 3 is 2.68 bits per heavy atom. The number of thiophene rings is 1. The lowest BCUT2D eigenvalue weighted by Crippen LogP contribution is -2.22. The third-order valence-corrected chi connectivity index (χ3v) is 4.60. The van der Waals surface area contributed by atoms with Gasteiger partial charge in [-0.15, -0.1) is 11.3 Å². The third kappa shape index (κ3) is 3.39. The van der Waals surface area contributed by atoms with Crippen LogP contribution in [0.2, 0.25) is 0 Å². The summed E-state index contributed by atoms with van der Waals surface area (Å²) < 4.78 is 33.7. The Balaban J connectivity index is 1.90. The molecule has 3 aromatic rings. The molecule has 130 valence electrons. The molecule has 8 heteroatoms. The summed E-state index contributed by atoms with van der Waals surface area (Å²) in [6.45, 7) is 1.71. The lowest BCUT2D eigenvalue weighted by molar-refractivity contribution is -0.116. The van der Waals surface area contributed by atoms with E-state index in [1.165, 1.54) is 23.0 Å². The molecule has 0 aliphatic rings. The second-order valence-electron chi connectivity index (χ2n) is 5.39. The zero-order valence-corrected chi connectivity index (χ0v) is 14.2. The number of nitrogens with one attached hydrogen (secondary N) is 1. The molecule has 0 saturated carbocycles. The van der Waals surface area contributed by atoms with E-state index >= 15 is 0 Å². The van der Waals surface area contributed by atoms with E-state index in [1.54, 1.807) is 6.07 Å². The van der Waals surface area contributed by atoms with E-state index in [0.717, 1.165) is 27.2 Å². The largest absolute Gasteiger partial charge is 0.464 e. The highest BCUT2D eigenvalue weighted by molar-refractivity contribution is 7.19. The number of amides is 1. The monoisotopic (exact) mass is 364 g/mol. The Labute approximate surface area is 145 Å². The molecule has 3 rings (SSSR count).